The Morgan fingerprint density at radius 2 is 1.03 bits per heavy atom. The topological polar surface area (TPSA) is 23.0 Å². The van der Waals surface area contributed by atoms with Gasteiger partial charge in [-0.25, -0.2) is 0 Å². The molecule has 0 N–H and O–H groups in total. The molecule has 11 aromatic rings. The van der Waals surface area contributed by atoms with Crippen LogP contribution in [0.4, 0.5) is 0 Å². The maximum absolute atomic E-state index is 6.45. The Bertz CT molecular complexity index is 3540. The molecule has 3 heteroatoms. The van der Waals surface area contributed by atoms with Crippen molar-refractivity contribution in [2.45, 2.75) is 18.3 Å². The predicted molar refractivity (Wildman–Crippen MR) is 240 cm³/mol. The zero-order valence-electron chi connectivity index (χ0n) is 31.7. The smallest absolute Gasteiger partial charge is 0.137 e. The molecule has 8 aromatic carbocycles. The third-order valence-corrected chi connectivity index (χ3v) is 13.1. The lowest BCUT2D eigenvalue weighted by molar-refractivity contribution is 0.669. The maximum Gasteiger partial charge on any atom is 0.137 e. The lowest BCUT2D eigenvalue weighted by atomic mass is 9.65. The van der Waals surface area contributed by atoms with Gasteiger partial charge in [-0.3, -0.25) is 0 Å². The minimum absolute atomic E-state index is 0.357. The van der Waals surface area contributed by atoms with Crippen LogP contribution in [0.1, 0.15) is 35.1 Å². The van der Waals surface area contributed by atoms with Crippen LogP contribution in [0.5, 0.6) is 0 Å². The molecule has 0 fully saturated rings. The summed E-state index contributed by atoms with van der Waals surface area (Å²) in [5, 5.41) is 7.22. The number of rotatable bonds is 4. The van der Waals surface area contributed by atoms with E-state index in [2.05, 4.69) is 197 Å². The average Bonchev–Trinajstić information content (AvgIpc) is 4.00. The van der Waals surface area contributed by atoms with E-state index in [0.717, 1.165) is 51.7 Å². The fraction of sp³-hybridized carbons (Fsp3) is 0.0545. The van der Waals surface area contributed by atoms with Crippen molar-refractivity contribution in [3.8, 4) is 11.4 Å². The molecule has 0 aliphatic heterocycles. The van der Waals surface area contributed by atoms with Crippen LogP contribution in [-0.2, 0) is 5.41 Å². The summed E-state index contributed by atoms with van der Waals surface area (Å²) in [7, 11) is 0. The average molecular weight is 741 g/mol. The molecular formula is C55H36N2O. The first-order valence-electron chi connectivity index (χ1n) is 20.3. The molecule has 0 spiro atoms. The molecule has 1 atom stereocenters. The van der Waals surface area contributed by atoms with E-state index in [4.69, 9.17) is 4.42 Å². The van der Waals surface area contributed by atoms with E-state index in [1.807, 2.05) is 6.07 Å². The van der Waals surface area contributed by atoms with Gasteiger partial charge in [-0.2, -0.15) is 0 Å². The largest absolute Gasteiger partial charge is 0.456 e. The molecule has 0 radical (unpaired) electrons. The van der Waals surface area contributed by atoms with Crippen molar-refractivity contribution in [1.29, 1.82) is 0 Å². The van der Waals surface area contributed by atoms with Crippen LogP contribution in [0.2, 0.25) is 0 Å². The molecule has 13 rings (SSSR count). The number of allylic oxidation sites excluding steroid dienone is 4. The third-order valence-electron chi connectivity index (χ3n) is 13.1. The summed E-state index contributed by atoms with van der Waals surface area (Å²) < 4.78 is 11.3. The number of nitrogens with zero attached hydrogens (tertiary/aromatic N) is 2. The van der Waals surface area contributed by atoms with Gasteiger partial charge >= 0.3 is 0 Å². The van der Waals surface area contributed by atoms with Gasteiger partial charge in [0, 0.05) is 49.8 Å². The molecule has 3 heterocycles. The van der Waals surface area contributed by atoms with Gasteiger partial charge in [-0.1, -0.05) is 133 Å². The summed E-state index contributed by atoms with van der Waals surface area (Å²) in [5.74, 6) is 0. The summed E-state index contributed by atoms with van der Waals surface area (Å²) in [6.07, 6.45) is 6.80. The lowest BCUT2D eigenvalue weighted by Gasteiger charge is -2.36. The maximum atomic E-state index is 6.45. The third kappa shape index (κ3) is 4.17. The number of benzene rings is 8. The molecular weight excluding hydrogens is 705 g/mol. The van der Waals surface area contributed by atoms with Gasteiger partial charge in [0.25, 0.3) is 0 Å². The summed E-state index contributed by atoms with van der Waals surface area (Å²) in [6, 6.07) is 67.1. The number of furan rings is 1. The predicted octanol–water partition coefficient (Wildman–Crippen LogP) is 14.2. The SMILES string of the molecule is C1=CC2=C(CC1)C(c1ccccc1)(c1ccc(-n3c4ccccc4c4cc5c6cc7c(cc6n(-c6ccccc6)c5cc43)oc3ccccc37)cc1)c1ccccc12. The van der Waals surface area contributed by atoms with Crippen molar-refractivity contribution >= 4 is 71.1 Å². The second kappa shape index (κ2) is 11.8. The minimum Gasteiger partial charge on any atom is -0.456 e. The van der Waals surface area contributed by atoms with Crippen molar-refractivity contribution in [2.75, 3.05) is 0 Å². The fourth-order valence-electron chi connectivity index (χ4n) is 10.7. The zero-order valence-corrected chi connectivity index (χ0v) is 31.7. The molecule has 0 saturated carbocycles. The Morgan fingerprint density at radius 1 is 0.431 bits per heavy atom. The molecule has 0 saturated heterocycles. The van der Waals surface area contributed by atoms with Gasteiger partial charge in [0.15, 0.2) is 0 Å². The highest BCUT2D eigenvalue weighted by Crippen LogP contribution is 2.57. The van der Waals surface area contributed by atoms with E-state index in [9.17, 15) is 0 Å². The van der Waals surface area contributed by atoms with E-state index >= 15 is 0 Å². The Labute approximate surface area is 335 Å². The van der Waals surface area contributed by atoms with Crippen molar-refractivity contribution in [3.05, 3.63) is 222 Å². The Kier molecular flexibility index (Phi) is 6.49. The fourth-order valence-corrected chi connectivity index (χ4v) is 10.7. The quantitative estimate of drug-likeness (QED) is 0.176. The number of para-hydroxylation sites is 3. The lowest BCUT2D eigenvalue weighted by Crippen LogP contribution is -2.30. The van der Waals surface area contributed by atoms with Gasteiger partial charge in [0.1, 0.15) is 11.2 Å². The Balaban J connectivity index is 1.07. The zero-order chi connectivity index (χ0) is 38.0. The molecule has 2 aliphatic carbocycles. The standard InChI is InChI=1S/C55H36N2O/c1-3-15-35(16-4-1)55(47-23-11-7-19-39(47)40-20-8-12-24-48(40)55)36-27-29-38(30-28-36)56-49-25-13-9-21-41(49)43-31-44-45-32-46-42-22-10-14-26-53(42)58-54(46)34-52(45)57(51(44)33-50(43)56)37-17-5-2-6-18-37/h1-11,13-23,25-34H,12,24H2. The molecule has 3 aromatic heterocycles. The number of hydrogen-bond acceptors (Lipinski definition) is 1. The second-order valence-electron chi connectivity index (χ2n) is 15.9. The van der Waals surface area contributed by atoms with E-state index in [-0.39, 0.29) is 5.41 Å². The molecule has 2 aliphatic rings. The minimum atomic E-state index is -0.357. The van der Waals surface area contributed by atoms with Crippen LogP contribution in [0.15, 0.2) is 204 Å². The van der Waals surface area contributed by atoms with Crippen LogP contribution >= 0.6 is 0 Å². The number of hydrogen-bond donors (Lipinski definition) is 0. The van der Waals surface area contributed by atoms with E-state index < -0.39 is 0 Å². The Hall–Kier alpha value is -7.36. The number of aromatic nitrogens is 2. The highest BCUT2D eigenvalue weighted by Gasteiger charge is 2.47. The first kappa shape index (κ1) is 31.8. The van der Waals surface area contributed by atoms with Crippen LogP contribution in [0, 0.1) is 0 Å². The summed E-state index contributed by atoms with van der Waals surface area (Å²) in [5.41, 5.74) is 16.6. The van der Waals surface area contributed by atoms with E-state index in [0.29, 0.717) is 0 Å². The van der Waals surface area contributed by atoms with E-state index in [1.54, 1.807) is 0 Å². The summed E-state index contributed by atoms with van der Waals surface area (Å²) in [6.45, 7) is 0. The number of fused-ring (bicyclic) bond motifs is 11. The van der Waals surface area contributed by atoms with Gasteiger partial charge < -0.3 is 13.6 Å². The highest BCUT2D eigenvalue weighted by molar-refractivity contribution is 6.22. The molecule has 0 bridgehead atoms. The Morgan fingerprint density at radius 3 is 1.86 bits per heavy atom. The van der Waals surface area contributed by atoms with Gasteiger partial charge in [-0.05, 0) is 101 Å². The van der Waals surface area contributed by atoms with Gasteiger partial charge in [0.2, 0.25) is 0 Å². The molecule has 58 heavy (non-hydrogen) atoms. The van der Waals surface area contributed by atoms with Crippen LogP contribution < -0.4 is 0 Å². The highest BCUT2D eigenvalue weighted by atomic mass is 16.3. The van der Waals surface area contributed by atoms with Crippen molar-refractivity contribution in [3.63, 3.8) is 0 Å². The van der Waals surface area contributed by atoms with E-state index in [1.165, 1.54) is 71.5 Å². The second-order valence-corrected chi connectivity index (χ2v) is 15.9. The monoisotopic (exact) mass is 740 g/mol. The van der Waals surface area contributed by atoms with Crippen molar-refractivity contribution < 1.29 is 4.42 Å². The van der Waals surface area contributed by atoms with Crippen molar-refractivity contribution in [2.24, 2.45) is 0 Å². The molecule has 3 nitrogen and oxygen atoms in total. The molecule has 1 unspecified atom stereocenters. The van der Waals surface area contributed by atoms with Crippen molar-refractivity contribution in [1.82, 2.24) is 9.13 Å². The van der Waals surface area contributed by atoms with Gasteiger partial charge in [-0.15, -0.1) is 0 Å². The van der Waals surface area contributed by atoms with Gasteiger partial charge in [0.05, 0.1) is 27.5 Å². The first-order valence-corrected chi connectivity index (χ1v) is 20.3. The van der Waals surface area contributed by atoms with Crippen LogP contribution in [-0.4, -0.2) is 9.13 Å². The van der Waals surface area contributed by atoms with Crippen LogP contribution in [0.3, 0.4) is 0 Å². The normalized spacial score (nSPS) is 16.4. The summed E-state index contributed by atoms with van der Waals surface area (Å²) in [4.78, 5) is 0. The van der Waals surface area contributed by atoms with Crippen LogP contribution in [0.25, 0.3) is 82.5 Å². The first-order chi connectivity index (χ1) is 28.8. The molecule has 0 amide bonds. The molecule has 272 valence electrons. The summed E-state index contributed by atoms with van der Waals surface area (Å²) >= 11 is 0.